The number of carboxylic acid groups (broad SMARTS) is 1. The summed E-state index contributed by atoms with van der Waals surface area (Å²) in [6.07, 6.45) is 0. The van der Waals surface area contributed by atoms with Crippen LogP contribution in [0, 0.1) is 0 Å². The first-order valence-electron chi connectivity index (χ1n) is 6.24. The number of hydrogen-bond donors (Lipinski definition) is 1. The van der Waals surface area contributed by atoms with Crippen LogP contribution in [0.3, 0.4) is 0 Å². The molecule has 0 fully saturated rings. The fourth-order valence-corrected chi connectivity index (χ4v) is 2.95. The van der Waals surface area contributed by atoms with Crippen LogP contribution in [0.25, 0.3) is 11.0 Å². The summed E-state index contributed by atoms with van der Waals surface area (Å²) in [7, 11) is 1.61. The first-order valence-corrected chi connectivity index (χ1v) is 7.23. The van der Waals surface area contributed by atoms with Gasteiger partial charge < -0.3 is 14.4 Å². The molecule has 6 heteroatoms. The maximum atomic E-state index is 10.8. The van der Waals surface area contributed by atoms with Gasteiger partial charge in [-0.1, -0.05) is 11.8 Å². The van der Waals surface area contributed by atoms with Crippen molar-refractivity contribution >= 4 is 28.8 Å². The SMILES string of the molecule is COc1ccc2c(c1)nc(SCC(=O)O)n2C(C)(C)C. The third kappa shape index (κ3) is 2.90. The van der Waals surface area contributed by atoms with Crippen LogP contribution in [0.5, 0.6) is 5.75 Å². The summed E-state index contributed by atoms with van der Waals surface area (Å²) in [6, 6.07) is 5.71. The Bertz CT molecular complexity index is 644. The molecule has 1 aromatic carbocycles. The normalized spacial score (nSPS) is 11.8. The summed E-state index contributed by atoms with van der Waals surface area (Å²) in [4.78, 5) is 15.3. The lowest BCUT2D eigenvalue weighted by atomic mass is 10.1. The van der Waals surface area contributed by atoms with Gasteiger partial charge in [-0.05, 0) is 32.9 Å². The number of aromatic nitrogens is 2. The number of nitrogens with zero attached hydrogens (tertiary/aromatic N) is 2. The van der Waals surface area contributed by atoms with Crippen LogP contribution >= 0.6 is 11.8 Å². The highest BCUT2D eigenvalue weighted by molar-refractivity contribution is 7.99. The summed E-state index contributed by atoms with van der Waals surface area (Å²) >= 11 is 1.23. The molecule has 20 heavy (non-hydrogen) atoms. The minimum Gasteiger partial charge on any atom is -0.497 e. The van der Waals surface area contributed by atoms with E-state index in [1.54, 1.807) is 7.11 Å². The summed E-state index contributed by atoms with van der Waals surface area (Å²) < 4.78 is 7.27. The fourth-order valence-electron chi connectivity index (χ4n) is 2.04. The number of fused-ring (bicyclic) bond motifs is 1. The standard InChI is InChI=1S/C14H18N2O3S/c1-14(2,3)16-11-6-5-9(19-4)7-10(11)15-13(16)20-8-12(17)18/h5-7H,8H2,1-4H3,(H,17,18). The van der Waals surface area contributed by atoms with E-state index in [9.17, 15) is 4.79 Å². The molecule has 0 aliphatic carbocycles. The van der Waals surface area contributed by atoms with Crippen molar-refractivity contribution in [2.45, 2.75) is 31.5 Å². The van der Waals surface area contributed by atoms with Crippen molar-refractivity contribution in [2.24, 2.45) is 0 Å². The lowest BCUT2D eigenvalue weighted by molar-refractivity contribution is -0.133. The van der Waals surface area contributed by atoms with Gasteiger partial charge in [0.2, 0.25) is 0 Å². The second-order valence-corrected chi connectivity index (χ2v) is 6.38. The Morgan fingerprint density at radius 2 is 2.15 bits per heavy atom. The van der Waals surface area contributed by atoms with Crippen molar-refractivity contribution in [3.8, 4) is 5.75 Å². The molecule has 108 valence electrons. The molecular formula is C14H18N2O3S. The smallest absolute Gasteiger partial charge is 0.313 e. The number of hydrogen-bond acceptors (Lipinski definition) is 4. The zero-order valence-electron chi connectivity index (χ0n) is 12.0. The molecule has 0 amide bonds. The van der Waals surface area contributed by atoms with Crippen molar-refractivity contribution in [3.05, 3.63) is 18.2 Å². The average Bonchev–Trinajstić information content (AvgIpc) is 2.73. The Balaban J connectivity index is 2.56. The third-order valence-electron chi connectivity index (χ3n) is 2.83. The van der Waals surface area contributed by atoms with E-state index < -0.39 is 5.97 Å². The molecule has 0 atom stereocenters. The Hall–Kier alpha value is -1.69. The molecule has 0 radical (unpaired) electrons. The van der Waals surface area contributed by atoms with Gasteiger partial charge >= 0.3 is 5.97 Å². The van der Waals surface area contributed by atoms with Crippen molar-refractivity contribution in [1.82, 2.24) is 9.55 Å². The number of carbonyl (C=O) groups is 1. The van der Waals surface area contributed by atoms with Crippen LogP contribution in [-0.2, 0) is 10.3 Å². The summed E-state index contributed by atoms with van der Waals surface area (Å²) in [6.45, 7) is 6.22. The highest BCUT2D eigenvalue weighted by Crippen LogP contribution is 2.32. The molecule has 0 spiro atoms. The number of carboxylic acids is 1. The van der Waals surface area contributed by atoms with E-state index >= 15 is 0 Å². The molecule has 1 heterocycles. The van der Waals surface area contributed by atoms with Crippen LogP contribution in [0.4, 0.5) is 0 Å². The second kappa shape index (κ2) is 5.36. The van der Waals surface area contributed by atoms with Gasteiger partial charge in [0.1, 0.15) is 5.75 Å². The topological polar surface area (TPSA) is 64.3 Å². The van der Waals surface area contributed by atoms with E-state index in [0.717, 1.165) is 16.8 Å². The van der Waals surface area contributed by atoms with Gasteiger partial charge in [0.25, 0.3) is 0 Å². The van der Waals surface area contributed by atoms with Crippen molar-refractivity contribution < 1.29 is 14.6 Å². The van der Waals surface area contributed by atoms with Gasteiger partial charge in [-0.15, -0.1) is 0 Å². The average molecular weight is 294 g/mol. The summed E-state index contributed by atoms with van der Waals surface area (Å²) in [5, 5.41) is 9.56. The third-order valence-corrected chi connectivity index (χ3v) is 3.75. The predicted molar refractivity (Wildman–Crippen MR) is 79.6 cm³/mol. The number of thioether (sulfide) groups is 1. The molecule has 0 aliphatic heterocycles. The lowest BCUT2D eigenvalue weighted by Crippen LogP contribution is -2.22. The van der Waals surface area contributed by atoms with Crippen molar-refractivity contribution in [2.75, 3.05) is 12.9 Å². The minimum atomic E-state index is -0.847. The van der Waals surface area contributed by atoms with E-state index in [1.807, 2.05) is 18.2 Å². The predicted octanol–water partition coefficient (Wildman–Crippen LogP) is 2.98. The first kappa shape index (κ1) is 14.7. The van der Waals surface area contributed by atoms with Gasteiger partial charge in [-0.3, -0.25) is 4.79 Å². The van der Waals surface area contributed by atoms with E-state index in [2.05, 4.69) is 30.3 Å². The Morgan fingerprint density at radius 1 is 1.45 bits per heavy atom. The second-order valence-electron chi connectivity index (χ2n) is 5.44. The quantitative estimate of drug-likeness (QED) is 0.878. The van der Waals surface area contributed by atoms with Crippen LogP contribution in [0.15, 0.2) is 23.4 Å². The number of methoxy groups -OCH3 is 1. The van der Waals surface area contributed by atoms with Gasteiger partial charge in [0.15, 0.2) is 5.16 Å². The first-order chi connectivity index (χ1) is 9.32. The van der Waals surface area contributed by atoms with E-state index in [0.29, 0.717) is 5.16 Å². The Kier molecular flexibility index (Phi) is 3.94. The molecule has 0 bridgehead atoms. The molecule has 5 nitrogen and oxygen atoms in total. The van der Waals surface area contributed by atoms with Gasteiger partial charge in [0, 0.05) is 11.6 Å². The summed E-state index contributed by atoms with van der Waals surface area (Å²) in [5.74, 6) is -0.109. The van der Waals surface area contributed by atoms with Gasteiger partial charge in [-0.25, -0.2) is 4.98 Å². The van der Waals surface area contributed by atoms with Crippen LogP contribution < -0.4 is 4.74 Å². The van der Waals surface area contributed by atoms with Gasteiger partial charge in [-0.2, -0.15) is 0 Å². The maximum absolute atomic E-state index is 10.8. The van der Waals surface area contributed by atoms with Crippen LogP contribution in [0.1, 0.15) is 20.8 Å². The molecule has 2 aromatic rings. The molecule has 0 saturated heterocycles. The Morgan fingerprint density at radius 3 is 2.70 bits per heavy atom. The minimum absolute atomic E-state index is 0.00344. The maximum Gasteiger partial charge on any atom is 0.313 e. The molecule has 2 rings (SSSR count). The number of ether oxygens (including phenoxy) is 1. The molecule has 0 aliphatic rings. The Labute approximate surface area is 121 Å². The number of aliphatic carboxylic acids is 1. The van der Waals surface area contributed by atoms with Crippen LogP contribution in [0.2, 0.25) is 0 Å². The largest absolute Gasteiger partial charge is 0.497 e. The fraction of sp³-hybridized carbons (Fsp3) is 0.429. The van der Waals surface area contributed by atoms with Crippen molar-refractivity contribution in [3.63, 3.8) is 0 Å². The molecule has 0 unspecified atom stereocenters. The number of rotatable bonds is 4. The monoisotopic (exact) mass is 294 g/mol. The molecule has 0 saturated carbocycles. The molecule has 1 N–H and O–H groups in total. The summed E-state index contributed by atoms with van der Waals surface area (Å²) in [5.41, 5.74) is 1.61. The highest BCUT2D eigenvalue weighted by atomic mass is 32.2. The zero-order valence-corrected chi connectivity index (χ0v) is 12.8. The number of imidazole rings is 1. The van der Waals surface area contributed by atoms with Gasteiger partial charge in [0.05, 0.1) is 23.9 Å². The van der Waals surface area contributed by atoms with E-state index in [-0.39, 0.29) is 11.3 Å². The molecule has 1 aromatic heterocycles. The number of benzene rings is 1. The highest BCUT2D eigenvalue weighted by Gasteiger charge is 2.22. The zero-order chi connectivity index (χ0) is 14.9. The van der Waals surface area contributed by atoms with Crippen molar-refractivity contribution in [1.29, 1.82) is 0 Å². The molecular weight excluding hydrogens is 276 g/mol. The van der Waals surface area contributed by atoms with E-state index in [1.165, 1.54) is 11.8 Å². The van der Waals surface area contributed by atoms with Crippen LogP contribution in [-0.4, -0.2) is 33.5 Å². The lowest BCUT2D eigenvalue weighted by Gasteiger charge is -2.24. The van der Waals surface area contributed by atoms with E-state index in [4.69, 9.17) is 9.84 Å².